The van der Waals surface area contributed by atoms with Gasteiger partial charge in [0.2, 0.25) is 0 Å². The lowest BCUT2D eigenvalue weighted by Crippen LogP contribution is -2.37. The van der Waals surface area contributed by atoms with Crippen molar-refractivity contribution in [2.24, 2.45) is 11.8 Å². The van der Waals surface area contributed by atoms with Gasteiger partial charge in [0.15, 0.2) is 0 Å². The Morgan fingerprint density at radius 2 is 1.87 bits per heavy atom. The molecule has 1 aliphatic rings. The standard InChI is InChI=1S/C12H23NO2/c1-4-11(13(2)3)9-5-7-10(8-6-9)12(14)15/h9-11H,4-8H2,1-3H3,(H,14,15). The molecule has 1 N–H and O–H groups in total. The van der Waals surface area contributed by atoms with Gasteiger partial charge in [-0.05, 0) is 52.1 Å². The van der Waals surface area contributed by atoms with E-state index in [0.717, 1.165) is 32.1 Å². The normalized spacial score (nSPS) is 29.1. The van der Waals surface area contributed by atoms with E-state index in [1.807, 2.05) is 0 Å². The molecule has 1 unspecified atom stereocenters. The van der Waals surface area contributed by atoms with Crippen LogP contribution in [0.25, 0.3) is 0 Å². The molecule has 1 atom stereocenters. The number of carboxylic acid groups (broad SMARTS) is 1. The van der Waals surface area contributed by atoms with Crippen LogP contribution in [-0.2, 0) is 4.79 Å². The Kier molecular flexibility index (Phi) is 4.58. The van der Waals surface area contributed by atoms with E-state index in [0.29, 0.717) is 12.0 Å². The van der Waals surface area contributed by atoms with E-state index in [9.17, 15) is 4.79 Å². The van der Waals surface area contributed by atoms with Gasteiger partial charge in [-0.15, -0.1) is 0 Å². The highest BCUT2D eigenvalue weighted by atomic mass is 16.4. The first kappa shape index (κ1) is 12.5. The summed E-state index contributed by atoms with van der Waals surface area (Å²) < 4.78 is 0. The van der Waals surface area contributed by atoms with Crippen LogP contribution in [0.4, 0.5) is 0 Å². The molecule has 0 aliphatic heterocycles. The van der Waals surface area contributed by atoms with Crippen molar-refractivity contribution in [2.45, 2.75) is 45.1 Å². The molecule has 1 aliphatic carbocycles. The van der Waals surface area contributed by atoms with Gasteiger partial charge in [-0.3, -0.25) is 4.79 Å². The van der Waals surface area contributed by atoms with Crippen LogP contribution in [0.3, 0.4) is 0 Å². The molecule has 3 nitrogen and oxygen atoms in total. The fraction of sp³-hybridized carbons (Fsp3) is 0.917. The lowest BCUT2D eigenvalue weighted by molar-refractivity contribution is -0.143. The maximum Gasteiger partial charge on any atom is 0.306 e. The van der Waals surface area contributed by atoms with Crippen LogP contribution in [0.1, 0.15) is 39.0 Å². The first-order valence-corrected chi connectivity index (χ1v) is 5.95. The van der Waals surface area contributed by atoms with E-state index in [1.54, 1.807) is 0 Å². The van der Waals surface area contributed by atoms with Crippen LogP contribution in [0.15, 0.2) is 0 Å². The van der Waals surface area contributed by atoms with Crippen molar-refractivity contribution >= 4 is 5.97 Å². The van der Waals surface area contributed by atoms with Crippen LogP contribution in [0.2, 0.25) is 0 Å². The fourth-order valence-corrected chi connectivity index (χ4v) is 2.87. The van der Waals surface area contributed by atoms with Crippen LogP contribution in [0.5, 0.6) is 0 Å². The average Bonchev–Trinajstić information content (AvgIpc) is 2.19. The van der Waals surface area contributed by atoms with Crippen LogP contribution in [0, 0.1) is 11.8 Å². The fourth-order valence-electron chi connectivity index (χ4n) is 2.87. The van der Waals surface area contributed by atoms with Gasteiger partial charge in [-0.2, -0.15) is 0 Å². The smallest absolute Gasteiger partial charge is 0.306 e. The highest BCUT2D eigenvalue weighted by molar-refractivity contribution is 5.69. The lowest BCUT2D eigenvalue weighted by atomic mass is 9.77. The highest BCUT2D eigenvalue weighted by Gasteiger charge is 2.30. The molecule has 0 bridgehead atoms. The minimum atomic E-state index is -0.605. The van der Waals surface area contributed by atoms with E-state index >= 15 is 0 Å². The molecule has 0 heterocycles. The van der Waals surface area contributed by atoms with Crippen LogP contribution >= 0.6 is 0 Å². The Hall–Kier alpha value is -0.570. The maximum atomic E-state index is 10.8. The number of aliphatic carboxylic acids is 1. The quantitative estimate of drug-likeness (QED) is 0.778. The Balaban J connectivity index is 2.45. The first-order valence-electron chi connectivity index (χ1n) is 5.95. The molecular formula is C12H23NO2. The van der Waals surface area contributed by atoms with Gasteiger partial charge in [0, 0.05) is 6.04 Å². The Labute approximate surface area is 92.5 Å². The van der Waals surface area contributed by atoms with Crippen LogP contribution < -0.4 is 0 Å². The third-order valence-electron chi connectivity index (χ3n) is 3.75. The highest BCUT2D eigenvalue weighted by Crippen LogP contribution is 2.33. The summed E-state index contributed by atoms with van der Waals surface area (Å²) in [6.45, 7) is 2.22. The number of rotatable bonds is 4. The minimum absolute atomic E-state index is 0.0825. The second-order valence-corrected chi connectivity index (χ2v) is 4.89. The van der Waals surface area contributed by atoms with Crippen molar-refractivity contribution in [2.75, 3.05) is 14.1 Å². The number of carbonyl (C=O) groups is 1. The molecular weight excluding hydrogens is 190 g/mol. The first-order chi connectivity index (χ1) is 7.06. The molecule has 0 aromatic rings. The van der Waals surface area contributed by atoms with Crippen molar-refractivity contribution in [3.05, 3.63) is 0 Å². The Bertz CT molecular complexity index is 208. The van der Waals surface area contributed by atoms with E-state index in [1.165, 1.54) is 0 Å². The van der Waals surface area contributed by atoms with E-state index in [2.05, 4.69) is 25.9 Å². The number of nitrogens with zero attached hydrogens (tertiary/aromatic N) is 1. The molecule has 0 amide bonds. The van der Waals surface area contributed by atoms with E-state index in [4.69, 9.17) is 5.11 Å². The molecule has 0 radical (unpaired) electrons. The molecule has 1 rings (SSSR count). The van der Waals surface area contributed by atoms with Gasteiger partial charge < -0.3 is 10.0 Å². The molecule has 0 aromatic carbocycles. The molecule has 3 heteroatoms. The summed E-state index contributed by atoms with van der Waals surface area (Å²) in [5, 5.41) is 8.92. The second kappa shape index (κ2) is 5.50. The predicted octanol–water partition coefficient (Wildman–Crippen LogP) is 2.22. The molecule has 0 aromatic heterocycles. The minimum Gasteiger partial charge on any atom is -0.481 e. The number of hydrogen-bond donors (Lipinski definition) is 1. The summed E-state index contributed by atoms with van der Waals surface area (Å²) in [5.74, 6) is 0.00729. The van der Waals surface area contributed by atoms with E-state index < -0.39 is 5.97 Å². The summed E-state index contributed by atoms with van der Waals surface area (Å²) in [5.41, 5.74) is 0. The topological polar surface area (TPSA) is 40.5 Å². The van der Waals surface area contributed by atoms with Gasteiger partial charge in [-0.25, -0.2) is 0 Å². The van der Waals surface area contributed by atoms with Gasteiger partial charge in [0.05, 0.1) is 5.92 Å². The average molecular weight is 213 g/mol. The van der Waals surface area contributed by atoms with Crippen molar-refractivity contribution < 1.29 is 9.90 Å². The zero-order valence-corrected chi connectivity index (χ0v) is 10.1. The molecule has 1 fully saturated rings. The second-order valence-electron chi connectivity index (χ2n) is 4.89. The molecule has 0 spiro atoms. The molecule has 15 heavy (non-hydrogen) atoms. The molecule has 0 saturated heterocycles. The predicted molar refractivity (Wildman–Crippen MR) is 60.8 cm³/mol. The maximum absolute atomic E-state index is 10.8. The molecule has 88 valence electrons. The van der Waals surface area contributed by atoms with Gasteiger partial charge in [-0.1, -0.05) is 6.92 Å². The summed E-state index contributed by atoms with van der Waals surface area (Å²) >= 11 is 0. The lowest BCUT2D eigenvalue weighted by Gasteiger charge is -2.35. The zero-order chi connectivity index (χ0) is 11.4. The van der Waals surface area contributed by atoms with Crippen molar-refractivity contribution in [1.29, 1.82) is 0 Å². The third kappa shape index (κ3) is 3.20. The molecule has 1 saturated carbocycles. The summed E-state index contributed by atoms with van der Waals surface area (Å²) in [6, 6.07) is 0.625. The Morgan fingerprint density at radius 1 is 1.33 bits per heavy atom. The summed E-state index contributed by atoms with van der Waals surface area (Å²) in [6.07, 6.45) is 5.05. The number of carboxylic acids is 1. The summed E-state index contributed by atoms with van der Waals surface area (Å²) in [4.78, 5) is 13.1. The van der Waals surface area contributed by atoms with Gasteiger partial charge >= 0.3 is 5.97 Å². The van der Waals surface area contributed by atoms with Crippen molar-refractivity contribution in [3.8, 4) is 0 Å². The van der Waals surface area contributed by atoms with Gasteiger partial charge in [0.25, 0.3) is 0 Å². The SMILES string of the molecule is CCC(C1CCC(C(=O)O)CC1)N(C)C. The Morgan fingerprint density at radius 3 is 2.20 bits per heavy atom. The van der Waals surface area contributed by atoms with Crippen molar-refractivity contribution in [3.63, 3.8) is 0 Å². The van der Waals surface area contributed by atoms with Crippen molar-refractivity contribution in [1.82, 2.24) is 4.90 Å². The zero-order valence-electron chi connectivity index (χ0n) is 10.1. The largest absolute Gasteiger partial charge is 0.481 e. The van der Waals surface area contributed by atoms with Crippen LogP contribution in [-0.4, -0.2) is 36.1 Å². The monoisotopic (exact) mass is 213 g/mol. The number of hydrogen-bond acceptors (Lipinski definition) is 2. The van der Waals surface area contributed by atoms with Gasteiger partial charge in [0.1, 0.15) is 0 Å². The summed E-state index contributed by atoms with van der Waals surface area (Å²) in [7, 11) is 4.24. The van der Waals surface area contributed by atoms with E-state index in [-0.39, 0.29) is 5.92 Å². The third-order valence-corrected chi connectivity index (χ3v) is 3.75.